The molecular formula is C15H25NO2S. The maximum absolute atomic E-state index is 11.7. The smallest absolute Gasteiger partial charge is 0.225 e. The van der Waals surface area contributed by atoms with Crippen LogP contribution in [0, 0.1) is 6.92 Å². The molecule has 0 saturated heterocycles. The van der Waals surface area contributed by atoms with Crippen molar-refractivity contribution in [2.75, 3.05) is 0 Å². The average Bonchev–Trinajstić information content (AvgIpc) is 2.32. The molecule has 0 heterocycles. The molecule has 0 saturated carbocycles. The van der Waals surface area contributed by atoms with E-state index in [4.69, 9.17) is 5.14 Å². The lowest BCUT2D eigenvalue weighted by atomic mass is 9.94. The van der Waals surface area contributed by atoms with Crippen molar-refractivity contribution in [3.8, 4) is 0 Å². The number of primary sulfonamides is 1. The molecule has 0 radical (unpaired) electrons. The lowest BCUT2D eigenvalue weighted by Gasteiger charge is -2.16. The van der Waals surface area contributed by atoms with Gasteiger partial charge in [-0.1, -0.05) is 39.2 Å². The van der Waals surface area contributed by atoms with Crippen molar-refractivity contribution in [2.45, 2.75) is 64.2 Å². The van der Waals surface area contributed by atoms with E-state index < -0.39 is 10.0 Å². The minimum atomic E-state index is -3.63. The summed E-state index contributed by atoms with van der Waals surface area (Å²) in [5, 5.41) is 5.35. The highest BCUT2D eigenvalue weighted by Crippen LogP contribution is 2.25. The van der Waals surface area contributed by atoms with Crippen LogP contribution in [0.2, 0.25) is 0 Å². The van der Waals surface area contributed by atoms with E-state index in [9.17, 15) is 8.42 Å². The number of unbranched alkanes of at least 4 members (excludes halogenated alkanes) is 2. The van der Waals surface area contributed by atoms with E-state index in [0.717, 1.165) is 44.1 Å². The molecule has 0 unspecified atom stereocenters. The Bertz CT molecular complexity index is 521. The second-order valence-corrected chi connectivity index (χ2v) is 6.62. The molecule has 19 heavy (non-hydrogen) atoms. The zero-order valence-corrected chi connectivity index (χ0v) is 13.0. The Hall–Kier alpha value is -0.870. The van der Waals surface area contributed by atoms with Crippen molar-refractivity contribution in [2.24, 2.45) is 5.14 Å². The first-order valence-electron chi connectivity index (χ1n) is 7.06. The Kier molecular flexibility index (Phi) is 6.01. The highest BCUT2D eigenvalue weighted by atomic mass is 32.2. The molecule has 3 nitrogen and oxygen atoms in total. The Labute approximate surface area is 117 Å². The minimum absolute atomic E-state index is 0.317. The fraction of sp³-hybridized carbons (Fsp3) is 0.600. The number of rotatable bonds is 7. The van der Waals surface area contributed by atoms with Gasteiger partial charge in [-0.15, -0.1) is 0 Å². The van der Waals surface area contributed by atoms with Crippen LogP contribution >= 0.6 is 0 Å². The summed E-state index contributed by atoms with van der Waals surface area (Å²) in [4.78, 5) is 0.317. The Morgan fingerprint density at radius 2 is 1.68 bits per heavy atom. The number of benzene rings is 1. The van der Waals surface area contributed by atoms with E-state index in [1.807, 2.05) is 13.0 Å². The number of hydrogen-bond donors (Lipinski definition) is 1. The Morgan fingerprint density at radius 3 is 2.21 bits per heavy atom. The molecule has 0 atom stereocenters. The van der Waals surface area contributed by atoms with Gasteiger partial charge in [0.2, 0.25) is 10.0 Å². The van der Waals surface area contributed by atoms with E-state index in [0.29, 0.717) is 4.90 Å². The van der Waals surface area contributed by atoms with Crippen molar-refractivity contribution in [1.82, 2.24) is 0 Å². The van der Waals surface area contributed by atoms with Crippen molar-refractivity contribution in [3.63, 3.8) is 0 Å². The minimum Gasteiger partial charge on any atom is -0.225 e. The lowest BCUT2D eigenvalue weighted by Crippen LogP contribution is -2.16. The van der Waals surface area contributed by atoms with Gasteiger partial charge in [-0.05, 0) is 48.9 Å². The summed E-state index contributed by atoms with van der Waals surface area (Å²) in [5.41, 5.74) is 3.28. The molecule has 1 rings (SSSR count). The molecule has 108 valence electrons. The predicted octanol–water partition coefficient (Wildman–Crippen LogP) is 3.33. The topological polar surface area (TPSA) is 60.2 Å². The van der Waals surface area contributed by atoms with Crippen LogP contribution in [0.3, 0.4) is 0 Å². The lowest BCUT2D eigenvalue weighted by molar-refractivity contribution is 0.595. The third kappa shape index (κ3) is 4.32. The van der Waals surface area contributed by atoms with Crippen LogP contribution in [0.5, 0.6) is 0 Å². The molecular weight excluding hydrogens is 258 g/mol. The SMILES string of the molecule is CCCCCc1c(S(N)(=O)=O)ccc(C)c1CCC. The van der Waals surface area contributed by atoms with Crippen molar-refractivity contribution < 1.29 is 8.42 Å². The zero-order chi connectivity index (χ0) is 14.5. The van der Waals surface area contributed by atoms with Crippen molar-refractivity contribution >= 4 is 10.0 Å². The van der Waals surface area contributed by atoms with E-state index in [-0.39, 0.29) is 0 Å². The molecule has 1 aromatic rings. The van der Waals surface area contributed by atoms with Gasteiger partial charge in [0.15, 0.2) is 0 Å². The summed E-state index contributed by atoms with van der Waals surface area (Å²) >= 11 is 0. The molecule has 0 spiro atoms. The van der Waals surface area contributed by atoms with E-state index in [2.05, 4.69) is 13.8 Å². The van der Waals surface area contributed by atoms with Gasteiger partial charge in [0.05, 0.1) is 4.90 Å². The van der Waals surface area contributed by atoms with Gasteiger partial charge in [-0.25, -0.2) is 13.6 Å². The summed E-state index contributed by atoms with van der Waals surface area (Å²) in [6.07, 6.45) is 5.98. The highest BCUT2D eigenvalue weighted by molar-refractivity contribution is 7.89. The van der Waals surface area contributed by atoms with Crippen LogP contribution < -0.4 is 5.14 Å². The number of hydrogen-bond acceptors (Lipinski definition) is 2. The molecule has 0 aliphatic carbocycles. The summed E-state index contributed by atoms with van der Waals surface area (Å²) in [6.45, 7) is 6.30. The first-order valence-corrected chi connectivity index (χ1v) is 8.60. The molecule has 0 bridgehead atoms. The van der Waals surface area contributed by atoms with Gasteiger partial charge in [0.25, 0.3) is 0 Å². The van der Waals surface area contributed by atoms with Gasteiger partial charge in [0, 0.05) is 0 Å². The van der Waals surface area contributed by atoms with Gasteiger partial charge < -0.3 is 0 Å². The summed E-state index contributed by atoms with van der Waals surface area (Å²) < 4.78 is 23.5. The molecule has 4 heteroatoms. The monoisotopic (exact) mass is 283 g/mol. The van der Waals surface area contributed by atoms with Gasteiger partial charge >= 0.3 is 0 Å². The molecule has 0 amide bonds. The van der Waals surface area contributed by atoms with Gasteiger partial charge in [0.1, 0.15) is 0 Å². The molecule has 1 aromatic carbocycles. The van der Waals surface area contributed by atoms with Crippen molar-refractivity contribution in [1.29, 1.82) is 0 Å². The Morgan fingerprint density at radius 1 is 1.00 bits per heavy atom. The fourth-order valence-corrected chi connectivity index (χ4v) is 3.31. The third-order valence-corrected chi connectivity index (χ3v) is 4.45. The maximum Gasteiger partial charge on any atom is 0.238 e. The summed E-state index contributed by atoms with van der Waals surface area (Å²) in [5.74, 6) is 0. The van der Waals surface area contributed by atoms with E-state index >= 15 is 0 Å². The molecule has 2 N–H and O–H groups in total. The van der Waals surface area contributed by atoms with Crippen LogP contribution in [-0.4, -0.2) is 8.42 Å². The van der Waals surface area contributed by atoms with Gasteiger partial charge in [-0.3, -0.25) is 0 Å². The van der Waals surface area contributed by atoms with Crippen LogP contribution in [0.25, 0.3) is 0 Å². The first-order chi connectivity index (χ1) is 8.91. The fourth-order valence-electron chi connectivity index (χ4n) is 2.48. The molecule has 0 aromatic heterocycles. The maximum atomic E-state index is 11.7. The van der Waals surface area contributed by atoms with Crippen LogP contribution in [0.4, 0.5) is 0 Å². The quantitative estimate of drug-likeness (QED) is 0.780. The van der Waals surface area contributed by atoms with Crippen LogP contribution in [0.1, 0.15) is 56.2 Å². The van der Waals surface area contributed by atoms with Crippen LogP contribution in [0.15, 0.2) is 17.0 Å². The zero-order valence-electron chi connectivity index (χ0n) is 12.2. The third-order valence-electron chi connectivity index (χ3n) is 3.46. The highest BCUT2D eigenvalue weighted by Gasteiger charge is 2.18. The van der Waals surface area contributed by atoms with E-state index in [1.54, 1.807) is 6.07 Å². The van der Waals surface area contributed by atoms with E-state index in [1.165, 1.54) is 11.1 Å². The number of nitrogens with two attached hydrogens (primary N) is 1. The number of sulfonamides is 1. The second kappa shape index (κ2) is 7.06. The molecule has 0 aliphatic rings. The average molecular weight is 283 g/mol. The standard InChI is InChI=1S/C15H25NO2S/c1-4-6-7-9-14-13(8-5-2)12(3)10-11-15(14)19(16,17)18/h10-11H,4-9H2,1-3H3,(H2,16,17,18). The normalized spacial score (nSPS) is 11.8. The first kappa shape index (κ1) is 16.2. The summed E-state index contributed by atoms with van der Waals surface area (Å²) in [6, 6.07) is 3.53. The largest absolute Gasteiger partial charge is 0.238 e. The Balaban J connectivity index is 3.27. The van der Waals surface area contributed by atoms with Gasteiger partial charge in [-0.2, -0.15) is 0 Å². The van der Waals surface area contributed by atoms with Crippen molar-refractivity contribution in [3.05, 3.63) is 28.8 Å². The molecule has 0 fully saturated rings. The summed E-state index contributed by atoms with van der Waals surface area (Å²) in [7, 11) is -3.63. The second-order valence-electron chi connectivity index (χ2n) is 5.09. The number of aryl methyl sites for hydroxylation is 1. The predicted molar refractivity (Wildman–Crippen MR) is 79.8 cm³/mol. The molecule has 0 aliphatic heterocycles. The van der Waals surface area contributed by atoms with Crippen LogP contribution in [-0.2, 0) is 22.9 Å².